The predicted molar refractivity (Wildman–Crippen MR) is 123 cm³/mol. The maximum absolute atomic E-state index is 13.7. The molecule has 1 atom stereocenters. The first-order valence-electron chi connectivity index (χ1n) is 9.67. The Morgan fingerprint density at radius 1 is 1.14 bits per heavy atom. The van der Waals surface area contributed by atoms with E-state index in [1.807, 2.05) is 18.2 Å². The molecule has 0 amide bonds. The van der Waals surface area contributed by atoms with Crippen molar-refractivity contribution in [1.82, 2.24) is 10.2 Å². The molecular formula is C22H28F2IN3O. The molecule has 29 heavy (non-hydrogen) atoms. The van der Waals surface area contributed by atoms with Gasteiger partial charge in [0.05, 0.1) is 13.2 Å². The molecule has 2 aromatic rings. The average molecular weight is 515 g/mol. The summed E-state index contributed by atoms with van der Waals surface area (Å²) in [7, 11) is 1.73. The smallest absolute Gasteiger partial charge is 0.193 e. The quantitative estimate of drug-likeness (QED) is 0.341. The standard InChI is InChI=1S/C22H27F2N3O.HI/c1-25-22(26-12-10-19-20(23)8-5-9-21(19)24)27-13-11-18(14-27)16-28-15-17-6-3-2-4-7-17;/h2-9,18H,10-16H2,1H3,(H,25,26);1H. The first-order valence-corrected chi connectivity index (χ1v) is 9.67. The highest BCUT2D eigenvalue weighted by atomic mass is 127. The van der Waals surface area contributed by atoms with Crippen LogP contribution >= 0.6 is 24.0 Å². The minimum Gasteiger partial charge on any atom is -0.376 e. The van der Waals surface area contributed by atoms with Gasteiger partial charge in [-0.1, -0.05) is 36.4 Å². The second-order valence-corrected chi connectivity index (χ2v) is 7.03. The van der Waals surface area contributed by atoms with Gasteiger partial charge in [0.1, 0.15) is 11.6 Å². The molecule has 1 fully saturated rings. The van der Waals surface area contributed by atoms with Crippen molar-refractivity contribution in [3.8, 4) is 0 Å². The molecule has 4 nitrogen and oxygen atoms in total. The van der Waals surface area contributed by atoms with Crippen molar-refractivity contribution >= 4 is 29.9 Å². The van der Waals surface area contributed by atoms with E-state index < -0.39 is 11.6 Å². The molecule has 0 bridgehead atoms. The fourth-order valence-corrected chi connectivity index (χ4v) is 3.48. The zero-order valence-electron chi connectivity index (χ0n) is 16.6. The summed E-state index contributed by atoms with van der Waals surface area (Å²) in [5.74, 6) is 0.204. The summed E-state index contributed by atoms with van der Waals surface area (Å²) in [6.07, 6.45) is 1.31. The third kappa shape index (κ3) is 6.92. The van der Waals surface area contributed by atoms with Gasteiger partial charge in [0.25, 0.3) is 0 Å². The summed E-state index contributed by atoms with van der Waals surface area (Å²) in [6.45, 7) is 3.52. The van der Waals surface area contributed by atoms with Crippen LogP contribution < -0.4 is 5.32 Å². The number of benzene rings is 2. The number of guanidine groups is 1. The van der Waals surface area contributed by atoms with Gasteiger partial charge in [0, 0.05) is 38.2 Å². The number of likely N-dealkylation sites (tertiary alicyclic amines) is 1. The van der Waals surface area contributed by atoms with Gasteiger partial charge in [-0.05, 0) is 30.5 Å². The van der Waals surface area contributed by atoms with Crippen molar-refractivity contribution in [3.05, 3.63) is 71.3 Å². The second kappa shape index (κ2) is 12.1. The topological polar surface area (TPSA) is 36.9 Å². The number of hydrogen-bond acceptors (Lipinski definition) is 2. The number of halogens is 3. The Morgan fingerprint density at radius 2 is 1.86 bits per heavy atom. The highest BCUT2D eigenvalue weighted by molar-refractivity contribution is 14.0. The molecule has 2 aromatic carbocycles. The van der Waals surface area contributed by atoms with Crippen molar-refractivity contribution in [3.63, 3.8) is 0 Å². The van der Waals surface area contributed by atoms with Crippen LogP contribution in [0.25, 0.3) is 0 Å². The third-order valence-corrected chi connectivity index (χ3v) is 4.98. The summed E-state index contributed by atoms with van der Waals surface area (Å²) >= 11 is 0. The van der Waals surface area contributed by atoms with Crippen molar-refractivity contribution in [2.24, 2.45) is 10.9 Å². The van der Waals surface area contributed by atoms with E-state index in [1.54, 1.807) is 7.05 Å². The van der Waals surface area contributed by atoms with Crippen LogP contribution in [0.15, 0.2) is 53.5 Å². The molecular weight excluding hydrogens is 487 g/mol. The lowest BCUT2D eigenvalue weighted by molar-refractivity contribution is 0.0907. The van der Waals surface area contributed by atoms with E-state index in [0.717, 1.165) is 25.5 Å². The van der Waals surface area contributed by atoms with E-state index >= 15 is 0 Å². The number of rotatable bonds is 7. The molecule has 158 valence electrons. The van der Waals surface area contributed by atoms with Crippen LogP contribution in [0, 0.1) is 17.6 Å². The largest absolute Gasteiger partial charge is 0.376 e. The fourth-order valence-electron chi connectivity index (χ4n) is 3.48. The molecule has 1 aliphatic heterocycles. The van der Waals surface area contributed by atoms with Crippen LogP contribution in [0.2, 0.25) is 0 Å². The van der Waals surface area contributed by atoms with Gasteiger partial charge in [0.15, 0.2) is 5.96 Å². The molecule has 0 aliphatic carbocycles. The van der Waals surface area contributed by atoms with Gasteiger partial charge in [0.2, 0.25) is 0 Å². The Morgan fingerprint density at radius 3 is 2.55 bits per heavy atom. The minimum atomic E-state index is -0.506. The second-order valence-electron chi connectivity index (χ2n) is 7.03. The van der Waals surface area contributed by atoms with Crippen molar-refractivity contribution in [1.29, 1.82) is 0 Å². The fraction of sp³-hybridized carbons (Fsp3) is 0.409. The van der Waals surface area contributed by atoms with E-state index in [0.29, 0.717) is 25.7 Å². The minimum absolute atomic E-state index is 0. The molecule has 1 N–H and O–H groups in total. The lowest BCUT2D eigenvalue weighted by atomic mass is 10.1. The number of hydrogen-bond donors (Lipinski definition) is 1. The molecule has 0 radical (unpaired) electrons. The maximum Gasteiger partial charge on any atom is 0.193 e. The first kappa shape index (κ1) is 23.5. The molecule has 1 heterocycles. The molecule has 1 aliphatic rings. The highest BCUT2D eigenvalue weighted by Gasteiger charge is 2.25. The van der Waals surface area contributed by atoms with Crippen LogP contribution in [0.1, 0.15) is 17.5 Å². The Bertz CT molecular complexity index is 769. The SMILES string of the molecule is CN=C(NCCc1c(F)cccc1F)N1CCC(COCc2ccccc2)C1.I. The number of nitrogens with zero attached hydrogens (tertiary/aromatic N) is 2. The summed E-state index contributed by atoms with van der Waals surface area (Å²) in [5, 5.41) is 3.22. The highest BCUT2D eigenvalue weighted by Crippen LogP contribution is 2.17. The van der Waals surface area contributed by atoms with Gasteiger partial charge >= 0.3 is 0 Å². The van der Waals surface area contributed by atoms with E-state index in [9.17, 15) is 8.78 Å². The monoisotopic (exact) mass is 515 g/mol. The molecule has 1 saturated heterocycles. The molecule has 0 saturated carbocycles. The first-order chi connectivity index (χ1) is 13.7. The molecule has 7 heteroatoms. The van der Waals surface area contributed by atoms with Crippen molar-refractivity contribution < 1.29 is 13.5 Å². The van der Waals surface area contributed by atoms with E-state index in [2.05, 4.69) is 27.3 Å². The van der Waals surface area contributed by atoms with Crippen LogP contribution in [-0.2, 0) is 17.8 Å². The van der Waals surface area contributed by atoms with Gasteiger partial charge in [-0.3, -0.25) is 4.99 Å². The van der Waals surface area contributed by atoms with Gasteiger partial charge in [-0.2, -0.15) is 0 Å². The van der Waals surface area contributed by atoms with Crippen LogP contribution in [0.3, 0.4) is 0 Å². The van der Waals surface area contributed by atoms with Gasteiger partial charge in [-0.15, -0.1) is 24.0 Å². The van der Waals surface area contributed by atoms with Crippen molar-refractivity contribution in [2.75, 3.05) is 33.3 Å². The van der Waals surface area contributed by atoms with Crippen LogP contribution in [-0.4, -0.2) is 44.1 Å². The summed E-state index contributed by atoms with van der Waals surface area (Å²) < 4.78 is 33.3. The van der Waals surface area contributed by atoms with Crippen LogP contribution in [0.5, 0.6) is 0 Å². The van der Waals surface area contributed by atoms with E-state index in [1.165, 1.54) is 23.8 Å². The molecule has 3 rings (SSSR count). The predicted octanol–water partition coefficient (Wildman–Crippen LogP) is 4.24. The molecule has 0 spiro atoms. The number of aliphatic imine (C=N–C) groups is 1. The number of ether oxygens (including phenoxy) is 1. The zero-order chi connectivity index (χ0) is 19.8. The lowest BCUT2D eigenvalue weighted by Crippen LogP contribution is -2.41. The Labute approximate surface area is 188 Å². The number of nitrogens with one attached hydrogen (secondary N) is 1. The Balaban J connectivity index is 0.00000300. The summed E-state index contributed by atoms with van der Waals surface area (Å²) in [6, 6.07) is 14.1. The van der Waals surface area contributed by atoms with Gasteiger partial charge in [-0.25, -0.2) is 8.78 Å². The maximum atomic E-state index is 13.7. The average Bonchev–Trinajstić information content (AvgIpc) is 3.17. The Hall–Kier alpha value is -1.74. The van der Waals surface area contributed by atoms with E-state index in [4.69, 9.17) is 4.74 Å². The van der Waals surface area contributed by atoms with Crippen LogP contribution in [0.4, 0.5) is 8.78 Å². The third-order valence-electron chi connectivity index (χ3n) is 4.98. The zero-order valence-corrected chi connectivity index (χ0v) is 18.9. The molecule has 0 aromatic heterocycles. The van der Waals surface area contributed by atoms with Gasteiger partial charge < -0.3 is 15.0 Å². The molecule has 1 unspecified atom stereocenters. The summed E-state index contributed by atoms with van der Waals surface area (Å²) in [5.41, 5.74) is 1.29. The Kier molecular flexibility index (Phi) is 9.80. The van der Waals surface area contributed by atoms with Crippen molar-refractivity contribution in [2.45, 2.75) is 19.4 Å². The summed E-state index contributed by atoms with van der Waals surface area (Å²) in [4.78, 5) is 6.49. The lowest BCUT2D eigenvalue weighted by Gasteiger charge is -2.22. The normalized spacial score (nSPS) is 16.6. The van der Waals surface area contributed by atoms with E-state index in [-0.39, 0.29) is 36.0 Å².